The van der Waals surface area contributed by atoms with Gasteiger partial charge in [0.15, 0.2) is 11.6 Å². The van der Waals surface area contributed by atoms with E-state index in [4.69, 9.17) is 4.98 Å². The topological polar surface area (TPSA) is 32.6 Å². The Balaban J connectivity index is 1.27. The highest BCUT2D eigenvalue weighted by atomic mass is 15.2. The van der Waals surface area contributed by atoms with Gasteiger partial charge in [0.2, 0.25) is 0 Å². The molecule has 5 heterocycles. The molecule has 0 radical (unpaired) electrons. The molecule has 78 heavy (non-hydrogen) atoms. The molecule has 0 aliphatic carbocycles. The fourth-order valence-electron chi connectivity index (χ4n) is 13.0. The first-order valence-electron chi connectivity index (χ1n) is 27.3. The van der Waals surface area contributed by atoms with E-state index in [1.165, 1.54) is 93.2 Å². The molecule has 10 aromatic carbocycles. The predicted octanol–water partition coefficient (Wildman–Crippen LogP) is 19.3. The van der Waals surface area contributed by atoms with Crippen LogP contribution in [0.5, 0.6) is 0 Å². The molecule has 0 saturated heterocycles. The summed E-state index contributed by atoms with van der Waals surface area (Å²) in [5.74, 6) is 1.68. The standard InChI is InChI=1S/C73H57N5/c1-42-14-26-61-53(34-42)54-35-43(2)15-27-62(54)75(61)70-69(52-24-22-51(23-25-52)50-12-10-9-11-13-50)71(76-63-28-16-44(3)36-55(63)56-37-45(4)17-29-64(56)76)73(78-67-32-20-48(7)40-59(67)60-41-49(8)21-33-68(60)78)74-72(70)77-65-30-18-46(5)38-57(65)58-39-47(6)19-31-66(58)77/h9-41H,1-8H3. The van der Waals surface area contributed by atoms with Crippen LogP contribution < -0.4 is 0 Å². The first-order valence-corrected chi connectivity index (χ1v) is 27.3. The van der Waals surface area contributed by atoms with Gasteiger partial charge in [0.05, 0.1) is 44.1 Å². The summed E-state index contributed by atoms with van der Waals surface area (Å²) >= 11 is 0. The minimum Gasteiger partial charge on any atom is -0.305 e. The van der Waals surface area contributed by atoms with Crippen molar-refractivity contribution in [2.24, 2.45) is 0 Å². The van der Waals surface area contributed by atoms with E-state index < -0.39 is 0 Å². The number of hydrogen-bond acceptors (Lipinski definition) is 1. The van der Waals surface area contributed by atoms with Gasteiger partial charge >= 0.3 is 0 Å². The van der Waals surface area contributed by atoms with Crippen LogP contribution >= 0.6 is 0 Å². The minimum absolute atomic E-state index is 0.838. The number of nitrogens with zero attached hydrogens (tertiary/aromatic N) is 5. The Morgan fingerprint density at radius 1 is 0.231 bits per heavy atom. The molecule has 0 aliphatic rings. The van der Waals surface area contributed by atoms with Gasteiger partial charge in [-0.1, -0.05) is 148 Å². The molecular formula is C73H57N5. The van der Waals surface area contributed by atoms with Crippen molar-refractivity contribution in [3.63, 3.8) is 0 Å². The highest BCUT2D eigenvalue weighted by Gasteiger charge is 2.33. The molecule has 0 saturated carbocycles. The third-order valence-corrected chi connectivity index (χ3v) is 16.6. The maximum Gasteiger partial charge on any atom is 0.165 e. The average molecular weight is 1000 g/mol. The van der Waals surface area contributed by atoms with E-state index in [-0.39, 0.29) is 0 Å². The Morgan fingerprint density at radius 3 is 0.731 bits per heavy atom. The summed E-state index contributed by atoms with van der Waals surface area (Å²) in [7, 11) is 0. The van der Waals surface area contributed by atoms with E-state index in [0.29, 0.717) is 0 Å². The molecule has 15 aromatic rings. The first kappa shape index (κ1) is 45.9. The van der Waals surface area contributed by atoms with Crippen molar-refractivity contribution in [2.75, 3.05) is 0 Å². The van der Waals surface area contributed by atoms with Crippen molar-refractivity contribution in [3.05, 3.63) is 245 Å². The molecule has 0 aliphatic heterocycles. The Morgan fingerprint density at radius 2 is 0.462 bits per heavy atom. The summed E-state index contributed by atoms with van der Waals surface area (Å²) in [6.45, 7) is 17.6. The number of pyridine rings is 1. The molecule has 5 heteroatoms. The van der Waals surface area contributed by atoms with E-state index in [0.717, 1.165) is 83.8 Å². The zero-order valence-electron chi connectivity index (χ0n) is 45.3. The smallest absolute Gasteiger partial charge is 0.165 e. The summed E-state index contributed by atoms with van der Waals surface area (Å²) in [6, 6.07) is 75.7. The third kappa shape index (κ3) is 6.83. The van der Waals surface area contributed by atoms with Gasteiger partial charge in [0, 0.05) is 48.7 Å². The van der Waals surface area contributed by atoms with Crippen LogP contribution in [0.4, 0.5) is 0 Å². The number of rotatable bonds is 6. The second-order valence-corrected chi connectivity index (χ2v) is 22.3. The van der Waals surface area contributed by atoms with E-state index in [2.05, 4.69) is 274 Å². The van der Waals surface area contributed by atoms with Gasteiger partial charge in [-0.3, -0.25) is 9.13 Å². The lowest BCUT2D eigenvalue weighted by Gasteiger charge is -2.27. The van der Waals surface area contributed by atoms with Crippen LogP contribution in [-0.2, 0) is 0 Å². The molecule has 5 nitrogen and oxygen atoms in total. The van der Waals surface area contributed by atoms with Gasteiger partial charge < -0.3 is 9.13 Å². The molecular weight excluding hydrogens is 947 g/mol. The van der Waals surface area contributed by atoms with E-state index in [9.17, 15) is 0 Å². The Hall–Kier alpha value is -9.45. The zero-order chi connectivity index (χ0) is 52.8. The van der Waals surface area contributed by atoms with E-state index >= 15 is 0 Å². The number of aryl methyl sites for hydroxylation is 8. The van der Waals surface area contributed by atoms with Gasteiger partial charge in [-0.2, -0.15) is 0 Å². The molecule has 0 amide bonds. The molecule has 5 aromatic heterocycles. The van der Waals surface area contributed by atoms with Gasteiger partial charge in [0.1, 0.15) is 11.4 Å². The molecule has 0 N–H and O–H groups in total. The van der Waals surface area contributed by atoms with Crippen molar-refractivity contribution in [1.29, 1.82) is 0 Å². The maximum absolute atomic E-state index is 6.49. The maximum atomic E-state index is 6.49. The van der Waals surface area contributed by atoms with Crippen molar-refractivity contribution in [2.45, 2.75) is 55.4 Å². The van der Waals surface area contributed by atoms with Crippen LogP contribution in [0.2, 0.25) is 0 Å². The second kappa shape index (κ2) is 17.0. The number of aromatic nitrogens is 5. The normalized spacial score (nSPS) is 12.1. The number of hydrogen-bond donors (Lipinski definition) is 0. The van der Waals surface area contributed by atoms with Crippen molar-refractivity contribution < 1.29 is 0 Å². The summed E-state index contributed by atoms with van der Waals surface area (Å²) < 4.78 is 10.1. The van der Waals surface area contributed by atoms with Crippen molar-refractivity contribution in [3.8, 4) is 45.3 Å². The third-order valence-electron chi connectivity index (χ3n) is 16.6. The second-order valence-electron chi connectivity index (χ2n) is 22.3. The van der Waals surface area contributed by atoms with Gasteiger partial charge in [0.25, 0.3) is 0 Å². The van der Waals surface area contributed by atoms with Crippen LogP contribution in [0.1, 0.15) is 44.5 Å². The Bertz CT molecular complexity index is 4520. The predicted molar refractivity (Wildman–Crippen MR) is 330 cm³/mol. The minimum atomic E-state index is 0.838. The summed E-state index contributed by atoms with van der Waals surface area (Å²) in [5.41, 5.74) is 25.1. The number of benzene rings is 10. The fourth-order valence-corrected chi connectivity index (χ4v) is 13.0. The lowest BCUT2D eigenvalue weighted by Crippen LogP contribution is -2.16. The molecule has 15 rings (SSSR count). The zero-order valence-corrected chi connectivity index (χ0v) is 45.3. The summed E-state index contributed by atoms with van der Waals surface area (Å²) in [6.07, 6.45) is 0. The molecule has 0 bridgehead atoms. The monoisotopic (exact) mass is 1000 g/mol. The van der Waals surface area contributed by atoms with Crippen LogP contribution in [-0.4, -0.2) is 23.3 Å². The largest absolute Gasteiger partial charge is 0.305 e. The van der Waals surface area contributed by atoms with Gasteiger partial charge in [-0.25, -0.2) is 4.98 Å². The highest BCUT2D eigenvalue weighted by molar-refractivity contribution is 6.16. The van der Waals surface area contributed by atoms with Crippen LogP contribution in [0.15, 0.2) is 200 Å². The number of fused-ring (bicyclic) bond motifs is 12. The summed E-state index contributed by atoms with van der Waals surface area (Å²) in [4.78, 5) is 6.49. The molecule has 0 fully saturated rings. The lowest BCUT2D eigenvalue weighted by atomic mass is 9.97. The van der Waals surface area contributed by atoms with Crippen molar-refractivity contribution in [1.82, 2.24) is 23.3 Å². The lowest BCUT2D eigenvalue weighted by molar-refractivity contribution is 0.960. The SMILES string of the molecule is Cc1ccc2c(c1)c1cc(C)ccc1n2-c1nc(-n2c3ccc(C)cc3c3cc(C)ccc32)c(-n2c3ccc(C)cc3c3cc(C)ccc32)c(-c2ccc(-c3ccccc3)cc2)c1-n1c2ccc(C)cc2c2cc(C)ccc21. The summed E-state index contributed by atoms with van der Waals surface area (Å²) in [5, 5.41) is 9.63. The Labute approximate surface area is 453 Å². The quantitative estimate of drug-likeness (QED) is 0.163. The van der Waals surface area contributed by atoms with Crippen LogP contribution in [0.25, 0.3) is 132 Å². The fraction of sp³-hybridized carbons (Fsp3) is 0.110. The van der Waals surface area contributed by atoms with Crippen LogP contribution in [0, 0.1) is 55.4 Å². The van der Waals surface area contributed by atoms with Gasteiger partial charge in [-0.05, 0) is 169 Å². The Kier molecular flexibility index (Phi) is 10.0. The first-order chi connectivity index (χ1) is 37.9. The molecule has 0 unspecified atom stereocenters. The molecule has 0 spiro atoms. The van der Waals surface area contributed by atoms with E-state index in [1.807, 2.05) is 0 Å². The van der Waals surface area contributed by atoms with Crippen molar-refractivity contribution >= 4 is 87.2 Å². The molecule has 0 atom stereocenters. The average Bonchev–Trinajstić information content (AvgIpc) is 4.33. The highest BCUT2D eigenvalue weighted by Crippen LogP contribution is 2.49. The molecule has 374 valence electrons. The van der Waals surface area contributed by atoms with Gasteiger partial charge in [-0.15, -0.1) is 0 Å². The van der Waals surface area contributed by atoms with Crippen LogP contribution in [0.3, 0.4) is 0 Å². The van der Waals surface area contributed by atoms with E-state index in [1.54, 1.807) is 0 Å².